The Morgan fingerprint density at radius 3 is 2.35 bits per heavy atom. The number of aliphatic carboxylic acids is 1. The fraction of sp³-hybridized carbons (Fsp3) is 0.111. The van der Waals surface area contributed by atoms with Gasteiger partial charge in [-0.3, -0.25) is 4.79 Å². The van der Waals surface area contributed by atoms with E-state index in [1.165, 1.54) is 0 Å². The van der Waals surface area contributed by atoms with E-state index in [9.17, 15) is 14.7 Å². The number of hydrogen-bond donors (Lipinski definition) is 2. The summed E-state index contributed by atoms with van der Waals surface area (Å²) < 4.78 is 5.11. The van der Waals surface area contributed by atoms with Crippen molar-refractivity contribution in [1.82, 2.24) is 0 Å². The number of rotatable bonds is 6. The summed E-state index contributed by atoms with van der Waals surface area (Å²) in [5.41, 5.74) is 2.38. The number of ether oxygens (including phenoxy) is 1. The zero-order valence-corrected chi connectivity index (χ0v) is 12.5. The first-order valence-corrected chi connectivity index (χ1v) is 6.90. The van der Waals surface area contributed by atoms with Gasteiger partial charge in [-0.15, -0.1) is 0 Å². The first-order valence-electron chi connectivity index (χ1n) is 6.90. The Morgan fingerprint density at radius 2 is 1.74 bits per heavy atom. The van der Waals surface area contributed by atoms with E-state index in [0.29, 0.717) is 18.1 Å². The molecule has 23 heavy (non-hydrogen) atoms. The maximum atomic E-state index is 11.1. The van der Waals surface area contributed by atoms with Crippen molar-refractivity contribution in [3.8, 4) is 5.75 Å². The van der Waals surface area contributed by atoms with Crippen molar-refractivity contribution >= 4 is 17.5 Å². The minimum absolute atomic E-state index is 0.367. The minimum atomic E-state index is -1.61. The molecule has 0 saturated heterocycles. The topological polar surface area (TPSA) is 83.8 Å². The van der Waals surface area contributed by atoms with Crippen molar-refractivity contribution in [1.29, 1.82) is 0 Å². The van der Waals surface area contributed by atoms with Gasteiger partial charge in [0.05, 0.1) is 7.11 Å². The van der Waals surface area contributed by atoms with Crippen molar-refractivity contribution in [3.63, 3.8) is 0 Å². The quantitative estimate of drug-likeness (QED) is 0.487. The molecule has 0 bridgehead atoms. The van der Waals surface area contributed by atoms with E-state index in [0.717, 1.165) is 16.9 Å². The molecule has 0 amide bonds. The highest BCUT2D eigenvalue weighted by molar-refractivity contribution is 6.38. The largest absolute Gasteiger partial charge is 0.507 e. The van der Waals surface area contributed by atoms with Crippen LogP contribution < -0.4 is 4.74 Å². The highest BCUT2D eigenvalue weighted by Crippen LogP contribution is 2.18. The van der Waals surface area contributed by atoms with Crippen LogP contribution in [0.5, 0.6) is 5.75 Å². The molecule has 2 aromatic rings. The van der Waals surface area contributed by atoms with E-state index < -0.39 is 11.8 Å². The van der Waals surface area contributed by atoms with Crippen LogP contribution in [-0.2, 0) is 16.0 Å². The van der Waals surface area contributed by atoms with Crippen molar-refractivity contribution in [3.05, 3.63) is 71.3 Å². The van der Waals surface area contributed by atoms with Crippen LogP contribution in [0.2, 0.25) is 0 Å². The highest BCUT2D eigenvalue weighted by Gasteiger charge is 2.10. The molecule has 0 aliphatic rings. The highest BCUT2D eigenvalue weighted by atomic mass is 16.5. The van der Waals surface area contributed by atoms with E-state index in [2.05, 4.69) is 0 Å². The molecule has 5 nitrogen and oxygen atoms in total. The molecule has 0 spiro atoms. The summed E-state index contributed by atoms with van der Waals surface area (Å²) >= 11 is 0. The predicted octanol–water partition coefficient (Wildman–Crippen LogP) is 2.84. The molecule has 5 heteroatoms. The molecule has 2 N–H and O–H groups in total. The molecular weight excluding hydrogens is 296 g/mol. The van der Waals surface area contributed by atoms with E-state index in [1.807, 2.05) is 30.3 Å². The molecule has 2 rings (SSSR count). The zero-order valence-electron chi connectivity index (χ0n) is 12.5. The molecule has 0 aliphatic heterocycles. The Morgan fingerprint density at radius 1 is 1.04 bits per heavy atom. The Balaban J connectivity index is 2.18. The molecular formula is C18H16O5. The van der Waals surface area contributed by atoms with Crippen molar-refractivity contribution < 1.29 is 24.5 Å². The first-order chi connectivity index (χ1) is 11.0. The zero-order chi connectivity index (χ0) is 16.8. The van der Waals surface area contributed by atoms with Gasteiger partial charge < -0.3 is 14.9 Å². The summed E-state index contributed by atoms with van der Waals surface area (Å²) in [5.74, 6) is -2.36. The summed E-state index contributed by atoms with van der Waals surface area (Å²) in [6.45, 7) is 0. The van der Waals surface area contributed by atoms with Crippen LogP contribution in [0.1, 0.15) is 16.7 Å². The van der Waals surface area contributed by atoms with Crippen LogP contribution in [-0.4, -0.2) is 29.1 Å². The molecule has 0 unspecified atom stereocenters. The monoisotopic (exact) mass is 312 g/mol. The van der Waals surface area contributed by atoms with E-state index in [-0.39, 0.29) is 5.76 Å². The SMILES string of the molecule is COc1ccc(Cc2cccc(/C(O)=C/C(=O)C(=O)O)c2)cc1. The number of hydrogen-bond acceptors (Lipinski definition) is 4. The summed E-state index contributed by atoms with van der Waals surface area (Å²) in [6.07, 6.45) is 1.34. The predicted molar refractivity (Wildman–Crippen MR) is 85.5 cm³/mol. The smallest absolute Gasteiger partial charge is 0.376 e. The molecule has 0 aromatic heterocycles. The van der Waals surface area contributed by atoms with E-state index in [1.54, 1.807) is 25.3 Å². The summed E-state index contributed by atoms with van der Waals surface area (Å²) in [6, 6.07) is 14.6. The molecule has 0 saturated carbocycles. The third-order valence-electron chi connectivity index (χ3n) is 3.27. The molecule has 0 fully saturated rings. The molecule has 118 valence electrons. The average Bonchev–Trinajstić information content (AvgIpc) is 2.55. The van der Waals surface area contributed by atoms with Crippen molar-refractivity contribution in [2.45, 2.75) is 6.42 Å². The average molecular weight is 312 g/mol. The summed E-state index contributed by atoms with van der Waals surface area (Å²) in [5, 5.41) is 18.4. The van der Waals surface area contributed by atoms with Crippen LogP contribution in [0.3, 0.4) is 0 Å². The van der Waals surface area contributed by atoms with Gasteiger partial charge in [-0.25, -0.2) is 4.79 Å². The Labute approximate surface area is 133 Å². The number of aliphatic hydroxyl groups excluding tert-OH is 1. The van der Waals surface area contributed by atoms with Crippen molar-refractivity contribution in [2.75, 3.05) is 7.11 Å². The minimum Gasteiger partial charge on any atom is -0.507 e. The third-order valence-corrected chi connectivity index (χ3v) is 3.27. The van der Waals surface area contributed by atoms with Crippen LogP contribution in [0.15, 0.2) is 54.6 Å². The van der Waals surface area contributed by atoms with Gasteiger partial charge >= 0.3 is 5.97 Å². The number of carbonyl (C=O) groups excluding carboxylic acids is 1. The number of ketones is 1. The molecule has 0 heterocycles. The molecule has 2 aromatic carbocycles. The molecule has 0 radical (unpaired) electrons. The van der Waals surface area contributed by atoms with Crippen LogP contribution in [0.25, 0.3) is 5.76 Å². The van der Waals surface area contributed by atoms with Crippen LogP contribution >= 0.6 is 0 Å². The van der Waals surface area contributed by atoms with E-state index >= 15 is 0 Å². The van der Waals surface area contributed by atoms with Gasteiger partial charge in [-0.1, -0.05) is 30.3 Å². The van der Waals surface area contributed by atoms with Gasteiger partial charge in [-0.2, -0.15) is 0 Å². The van der Waals surface area contributed by atoms with Gasteiger partial charge in [-0.05, 0) is 35.7 Å². The maximum Gasteiger partial charge on any atom is 0.376 e. The second-order valence-corrected chi connectivity index (χ2v) is 4.92. The number of carbonyl (C=O) groups is 2. The third kappa shape index (κ3) is 4.44. The Bertz CT molecular complexity index is 744. The summed E-state index contributed by atoms with van der Waals surface area (Å²) in [4.78, 5) is 21.6. The fourth-order valence-electron chi connectivity index (χ4n) is 2.09. The number of benzene rings is 2. The van der Waals surface area contributed by atoms with Gasteiger partial charge in [0, 0.05) is 11.6 Å². The lowest BCUT2D eigenvalue weighted by Gasteiger charge is -2.06. The van der Waals surface area contributed by atoms with Gasteiger partial charge in [0.15, 0.2) is 0 Å². The Kier molecular flexibility index (Phi) is 5.15. The lowest BCUT2D eigenvalue weighted by atomic mass is 10.0. The fourth-order valence-corrected chi connectivity index (χ4v) is 2.09. The van der Waals surface area contributed by atoms with Crippen LogP contribution in [0, 0.1) is 0 Å². The maximum absolute atomic E-state index is 11.1. The second-order valence-electron chi connectivity index (χ2n) is 4.92. The van der Waals surface area contributed by atoms with Crippen molar-refractivity contribution in [2.24, 2.45) is 0 Å². The van der Waals surface area contributed by atoms with E-state index in [4.69, 9.17) is 9.84 Å². The number of carboxylic acids is 1. The summed E-state index contributed by atoms with van der Waals surface area (Å²) in [7, 11) is 1.60. The van der Waals surface area contributed by atoms with Gasteiger partial charge in [0.1, 0.15) is 11.5 Å². The van der Waals surface area contributed by atoms with Gasteiger partial charge in [0.2, 0.25) is 0 Å². The Hall–Kier alpha value is -3.08. The molecule has 0 atom stereocenters. The number of carboxylic acid groups (broad SMARTS) is 1. The lowest BCUT2D eigenvalue weighted by Crippen LogP contribution is -2.09. The number of aliphatic hydroxyl groups is 1. The normalized spacial score (nSPS) is 11.1. The molecule has 0 aliphatic carbocycles. The lowest BCUT2D eigenvalue weighted by molar-refractivity contribution is -0.146. The van der Waals surface area contributed by atoms with Gasteiger partial charge in [0.25, 0.3) is 5.78 Å². The second kappa shape index (κ2) is 7.26. The standard InChI is InChI=1S/C18H16O5/c1-23-15-7-5-12(6-8-15)9-13-3-2-4-14(10-13)16(19)11-17(20)18(21)22/h2-8,10-11,19H,9H2,1H3,(H,21,22)/b16-11-. The van der Waals surface area contributed by atoms with Crippen LogP contribution in [0.4, 0.5) is 0 Å². The first kappa shape index (κ1) is 16.3. The number of methoxy groups -OCH3 is 1.